The molecule has 8 rings (SSSR count). The van der Waals surface area contributed by atoms with Crippen molar-refractivity contribution in [3.8, 4) is 17.2 Å². The lowest BCUT2D eigenvalue weighted by Crippen LogP contribution is -2.52. The second kappa shape index (κ2) is 15.4. The molecule has 0 spiro atoms. The standard InChI is InChI=1S/C45H50N4O6/c1-45(2)42(31-9-5-3-6-10-31)41(37-18-14-34(50)28-39(37)55-45)30-11-15-35(16-12-30)54-26-8-4-7-21-47-22-24-48(25-23-47)33-13-17-36-32(27-33)29-49(44(36)53)38-19-20-40(51)46-43(38)52/h3,5-6,9-18,27-28,38,41-42,50H,4,7-8,19-26,29H2,1-2H3,(H,46,51,52)/t38?,41-,42-/m1/s1. The number of amides is 3. The quantitative estimate of drug-likeness (QED) is 0.131. The van der Waals surface area contributed by atoms with E-state index in [1.807, 2.05) is 24.3 Å². The highest BCUT2D eigenvalue weighted by molar-refractivity contribution is 6.05. The predicted molar refractivity (Wildman–Crippen MR) is 211 cm³/mol. The number of aromatic hydroxyl groups is 1. The third kappa shape index (κ3) is 7.65. The third-order valence-corrected chi connectivity index (χ3v) is 11.8. The van der Waals surface area contributed by atoms with Gasteiger partial charge in [-0.3, -0.25) is 24.6 Å². The van der Waals surface area contributed by atoms with Crippen LogP contribution in [0.4, 0.5) is 5.69 Å². The Kier molecular flexibility index (Phi) is 10.3. The molecule has 10 nitrogen and oxygen atoms in total. The van der Waals surface area contributed by atoms with Gasteiger partial charge in [-0.25, -0.2) is 0 Å². The van der Waals surface area contributed by atoms with Crippen molar-refractivity contribution in [2.24, 2.45) is 0 Å². The highest BCUT2D eigenvalue weighted by atomic mass is 16.5. The second-order valence-corrected chi connectivity index (χ2v) is 15.8. The molecule has 2 fully saturated rings. The van der Waals surface area contributed by atoms with E-state index in [2.05, 4.69) is 83.6 Å². The summed E-state index contributed by atoms with van der Waals surface area (Å²) < 4.78 is 12.7. The van der Waals surface area contributed by atoms with Crippen LogP contribution in [0.1, 0.15) is 90.4 Å². The number of nitrogens with zero attached hydrogens (tertiary/aromatic N) is 3. The van der Waals surface area contributed by atoms with Crippen LogP contribution in [0.3, 0.4) is 0 Å². The number of anilines is 1. The van der Waals surface area contributed by atoms with E-state index in [4.69, 9.17) is 9.47 Å². The summed E-state index contributed by atoms with van der Waals surface area (Å²) in [5.74, 6) is 1.13. The SMILES string of the molecule is CC1(C)Oc2cc(O)ccc2[C@@H](c2ccc(OCCCCCN3CCN(c4ccc5c(c4)CN(C4CCC(=O)NC4=O)C5=O)CC3)cc2)[C@H]1c1ccccc1. The van der Waals surface area contributed by atoms with Crippen LogP contribution in [0.5, 0.6) is 17.2 Å². The van der Waals surface area contributed by atoms with E-state index in [0.717, 1.165) is 80.3 Å². The zero-order chi connectivity index (χ0) is 38.1. The molecule has 2 saturated heterocycles. The average molecular weight is 743 g/mol. The summed E-state index contributed by atoms with van der Waals surface area (Å²) in [6, 6.07) is 29.9. The molecule has 3 amide bonds. The predicted octanol–water partition coefficient (Wildman–Crippen LogP) is 6.61. The van der Waals surface area contributed by atoms with Crippen LogP contribution in [0.2, 0.25) is 0 Å². The summed E-state index contributed by atoms with van der Waals surface area (Å²) in [4.78, 5) is 43.6. The lowest BCUT2D eigenvalue weighted by atomic mass is 9.68. The van der Waals surface area contributed by atoms with Gasteiger partial charge < -0.3 is 24.4 Å². The first-order chi connectivity index (χ1) is 26.6. The molecule has 0 aromatic heterocycles. The topological polar surface area (TPSA) is 112 Å². The molecule has 4 aromatic rings. The highest BCUT2D eigenvalue weighted by Gasteiger charge is 2.45. The summed E-state index contributed by atoms with van der Waals surface area (Å²) in [6.07, 6.45) is 3.84. The molecular weight excluding hydrogens is 693 g/mol. The maximum atomic E-state index is 13.1. The Morgan fingerprint density at radius 1 is 0.855 bits per heavy atom. The van der Waals surface area contributed by atoms with E-state index in [0.29, 0.717) is 25.1 Å². The van der Waals surface area contributed by atoms with Crippen LogP contribution in [-0.4, -0.2) is 83.6 Å². The number of nitrogens with one attached hydrogen (secondary N) is 1. The monoisotopic (exact) mass is 742 g/mol. The normalized spacial score (nSPS) is 22.1. The third-order valence-electron chi connectivity index (χ3n) is 11.8. The number of imide groups is 1. The number of ether oxygens (including phenoxy) is 2. The number of piperidine rings is 1. The van der Waals surface area contributed by atoms with E-state index in [-0.39, 0.29) is 41.7 Å². The molecule has 0 saturated carbocycles. The molecule has 0 bridgehead atoms. The molecule has 3 atom stereocenters. The van der Waals surface area contributed by atoms with Gasteiger partial charge in [-0.1, -0.05) is 48.5 Å². The number of rotatable bonds is 11. The van der Waals surface area contributed by atoms with Gasteiger partial charge in [0.1, 0.15) is 28.9 Å². The van der Waals surface area contributed by atoms with Gasteiger partial charge in [0.05, 0.1) is 6.61 Å². The summed E-state index contributed by atoms with van der Waals surface area (Å²) in [6.45, 7) is 10.2. The molecule has 10 heteroatoms. The Balaban J connectivity index is 0.791. The fourth-order valence-electron chi connectivity index (χ4n) is 8.99. The van der Waals surface area contributed by atoms with E-state index >= 15 is 0 Å². The van der Waals surface area contributed by atoms with Crippen molar-refractivity contribution in [3.63, 3.8) is 0 Å². The van der Waals surface area contributed by atoms with Crippen LogP contribution in [0.25, 0.3) is 0 Å². The number of fused-ring (bicyclic) bond motifs is 2. The van der Waals surface area contributed by atoms with Crippen molar-refractivity contribution in [2.45, 2.75) is 76.0 Å². The van der Waals surface area contributed by atoms with Gasteiger partial charge in [0, 0.05) is 73.9 Å². The van der Waals surface area contributed by atoms with Crippen LogP contribution in [0.15, 0.2) is 91.0 Å². The van der Waals surface area contributed by atoms with Gasteiger partial charge in [0.15, 0.2) is 0 Å². The molecule has 286 valence electrons. The molecule has 0 aliphatic carbocycles. The first-order valence-electron chi connectivity index (χ1n) is 19.7. The van der Waals surface area contributed by atoms with Crippen LogP contribution in [-0.2, 0) is 16.1 Å². The summed E-state index contributed by atoms with van der Waals surface area (Å²) in [7, 11) is 0. The first kappa shape index (κ1) is 36.6. The largest absolute Gasteiger partial charge is 0.508 e. The number of phenolic OH excluding ortho intramolecular Hbond substituents is 1. The van der Waals surface area contributed by atoms with Gasteiger partial charge in [0.2, 0.25) is 11.8 Å². The zero-order valence-corrected chi connectivity index (χ0v) is 31.7. The van der Waals surface area contributed by atoms with Crippen molar-refractivity contribution in [1.82, 2.24) is 15.1 Å². The first-order valence-corrected chi connectivity index (χ1v) is 19.7. The number of carbonyl (C=O) groups is 3. The molecule has 4 aromatic carbocycles. The van der Waals surface area contributed by atoms with Gasteiger partial charge in [-0.2, -0.15) is 0 Å². The van der Waals surface area contributed by atoms with Crippen molar-refractivity contribution in [1.29, 1.82) is 0 Å². The van der Waals surface area contributed by atoms with Crippen LogP contribution in [0, 0.1) is 0 Å². The zero-order valence-electron chi connectivity index (χ0n) is 31.7. The summed E-state index contributed by atoms with van der Waals surface area (Å²) in [5.41, 5.74) is 5.69. The average Bonchev–Trinajstić information content (AvgIpc) is 3.50. The number of carbonyl (C=O) groups excluding carboxylic acids is 3. The second-order valence-electron chi connectivity index (χ2n) is 15.8. The number of benzene rings is 4. The summed E-state index contributed by atoms with van der Waals surface area (Å²) >= 11 is 0. The summed E-state index contributed by atoms with van der Waals surface area (Å²) in [5, 5.41) is 12.6. The Hall–Kier alpha value is -5.35. The Bertz CT molecular complexity index is 2040. The Morgan fingerprint density at radius 3 is 2.40 bits per heavy atom. The molecule has 2 N–H and O–H groups in total. The van der Waals surface area contributed by atoms with Gasteiger partial charge in [-0.15, -0.1) is 0 Å². The van der Waals surface area contributed by atoms with Gasteiger partial charge >= 0.3 is 0 Å². The fourth-order valence-corrected chi connectivity index (χ4v) is 8.99. The highest BCUT2D eigenvalue weighted by Crippen LogP contribution is 2.53. The van der Waals surface area contributed by atoms with Crippen LogP contribution < -0.4 is 19.7 Å². The van der Waals surface area contributed by atoms with Crippen molar-refractivity contribution in [3.05, 3.63) is 119 Å². The minimum Gasteiger partial charge on any atom is -0.508 e. The Labute approximate surface area is 323 Å². The molecular formula is C45H50N4O6. The number of piperazine rings is 1. The number of hydrogen-bond acceptors (Lipinski definition) is 8. The number of unbranched alkanes of at least 4 members (excludes halogenated alkanes) is 2. The number of phenols is 1. The minimum atomic E-state index is -0.593. The van der Waals surface area contributed by atoms with E-state index in [9.17, 15) is 19.5 Å². The molecule has 4 heterocycles. The van der Waals surface area contributed by atoms with Crippen LogP contribution >= 0.6 is 0 Å². The lowest BCUT2D eigenvalue weighted by Gasteiger charge is -2.45. The number of hydrogen-bond donors (Lipinski definition) is 2. The van der Waals surface area contributed by atoms with E-state index in [1.54, 1.807) is 17.0 Å². The molecule has 4 aliphatic rings. The molecule has 4 aliphatic heterocycles. The van der Waals surface area contributed by atoms with E-state index in [1.165, 1.54) is 11.1 Å². The van der Waals surface area contributed by atoms with Crippen molar-refractivity contribution >= 4 is 23.4 Å². The maximum absolute atomic E-state index is 13.1. The maximum Gasteiger partial charge on any atom is 0.255 e. The van der Waals surface area contributed by atoms with Gasteiger partial charge in [0.25, 0.3) is 5.91 Å². The molecule has 55 heavy (non-hydrogen) atoms. The van der Waals surface area contributed by atoms with Gasteiger partial charge in [-0.05, 0) is 99.2 Å². The van der Waals surface area contributed by atoms with Crippen molar-refractivity contribution < 1.29 is 29.0 Å². The van der Waals surface area contributed by atoms with E-state index < -0.39 is 11.6 Å². The molecule has 0 radical (unpaired) electrons. The smallest absolute Gasteiger partial charge is 0.255 e. The van der Waals surface area contributed by atoms with Crippen molar-refractivity contribution in [2.75, 3.05) is 44.2 Å². The lowest BCUT2D eigenvalue weighted by molar-refractivity contribution is -0.136. The Morgan fingerprint density at radius 2 is 1.64 bits per heavy atom. The minimum absolute atomic E-state index is 0.0505. The fraction of sp³-hybridized carbons (Fsp3) is 0.400. The molecule has 1 unspecified atom stereocenters.